The minimum Gasteiger partial charge on any atom is -0.470 e. The first-order chi connectivity index (χ1) is 19.0. The van der Waals surface area contributed by atoms with E-state index in [1.165, 1.54) is 12.8 Å². The molecule has 1 aromatic carbocycles. The SMILES string of the molecule is Cc1cccnc1CO.Cc1cccnc1COc1nn2c(-c3ccccc3)nnc2cc1C1(C)CCCC1. The lowest BCUT2D eigenvalue weighted by Gasteiger charge is -2.26. The molecule has 4 heterocycles. The molecule has 1 saturated carbocycles. The van der Waals surface area contributed by atoms with Crippen molar-refractivity contribution in [3.8, 4) is 17.3 Å². The molecule has 1 aliphatic rings. The van der Waals surface area contributed by atoms with Gasteiger partial charge >= 0.3 is 0 Å². The standard InChI is InChI=1S/C24H25N5O.C7H9NO/c1-17-9-8-14-25-20(17)16-30-23-19(24(2)12-6-7-13-24)15-21-26-27-22(29(21)28-23)18-10-4-3-5-11-18;1-6-3-2-4-8-7(6)5-9/h3-5,8-11,14-15H,6-7,12-13,16H2,1-2H3;2-4,9H,5H2,1H3. The van der Waals surface area contributed by atoms with Gasteiger partial charge in [-0.15, -0.1) is 15.3 Å². The third-order valence-electron chi connectivity index (χ3n) is 7.48. The summed E-state index contributed by atoms with van der Waals surface area (Å²) in [7, 11) is 0. The topological polar surface area (TPSA) is 98.3 Å². The smallest absolute Gasteiger partial charge is 0.236 e. The van der Waals surface area contributed by atoms with Gasteiger partial charge < -0.3 is 9.84 Å². The molecule has 1 aliphatic carbocycles. The first kappa shape index (κ1) is 26.4. The van der Waals surface area contributed by atoms with E-state index in [1.807, 2.05) is 55.5 Å². The van der Waals surface area contributed by atoms with Crippen molar-refractivity contribution in [3.05, 3.63) is 101 Å². The molecular weight excluding hydrogens is 488 g/mol. The molecule has 8 heteroatoms. The van der Waals surface area contributed by atoms with Gasteiger partial charge in [0.25, 0.3) is 0 Å². The van der Waals surface area contributed by atoms with Gasteiger partial charge in [0.15, 0.2) is 11.5 Å². The summed E-state index contributed by atoms with van der Waals surface area (Å²) in [6, 6.07) is 19.9. The van der Waals surface area contributed by atoms with Crippen LogP contribution in [0.4, 0.5) is 0 Å². The van der Waals surface area contributed by atoms with Crippen LogP contribution in [0.5, 0.6) is 5.88 Å². The summed E-state index contributed by atoms with van der Waals surface area (Å²) in [6.45, 7) is 6.71. The number of pyridine rings is 2. The van der Waals surface area contributed by atoms with E-state index in [-0.39, 0.29) is 12.0 Å². The molecule has 0 unspecified atom stereocenters. The van der Waals surface area contributed by atoms with Gasteiger partial charge in [-0.05, 0) is 61.4 Å². The molecule has 39 heavy (non-hydrogen) atoms. The quantitative estimate of drug-likeness (QED) is 0.301. The number of nitrogens with zero attached hydrogens (tertiary/aromatic N) is 6. The fraction of sp³-hybridized carbons (Fsp3) is 0.323. The maximum Gasteiger partial charge on any atom is 0.236 e. The zero-order chi connectivity index (χ0) is 27.2. The largest absolute Gasteiger partial charge is 0.470 e. The van der Waals surface area contributed by atoms with Gasteiger partial charge in [0, 0.05) is 23.5 Å². The van der Waals surface area contributed by atoms with E-state index in [0.717, 1.165) is 52.1 Å². The summed E-state index contributed by atoms with van der Waals surface area (Å²) < 4.78 is 8.09. The lowest BCUT2D eigenvalue weighted by atomic mass is 9.81. The van der Waals surface area contributed by atoms with Gasteiger partial charge in [0.2, 0.25) is 5.88 Å². The number of aromatic nitrogens is 6. The molecule has 1 fully saturated rings. The highest BCUT2D eigenvalue weighted by Crippen LogP contribution is 2.44. The van der Waals surface area contributed by atoms with Crippen LogP contribution in [0.1, 0.15) is 60.7 Å². The average Bonchev–Trinajstić information content (AvgIpc) is 3.60. The molecule has 0 saturated heterocycles. The second kappa shape index (κ2) is 11.7. The summed E-state index contributed by atoms with van der Waals surface area (Å²) in [6.07, 6.45) is 8.19. The lowest BCUT2D eigenvalue weighted by molar-refractivity contribution is 0.272. The second-order valence-corrected chi connectivity index (χ2v) is 10.3. The van der Waals surface area contributed by atoms with Gasteiger partial charge in [0.05, 0.1) is 18.0 Å². The Labute approximate surface area is 228 Å². The molecule has 0 amide bonds. The normalized spacial score (nSPS) is 14.2. The molecular formula is C31H34N6O2. The van der Waals surface area contributed by atoms with Crippen molar-refractivity contribution in [2.45, 2.75) is 65.1 Å². The Morgan fingerprint density at radius 3 is 2.15 bits per heavy atom. The van der Waals surface area contributed by atoms with Crippen molar-refractivity contribution in [1.29, 1.82) is 0 Å². The molecule has 0 spiro atoms. The fourth-order valence-corrected chi connectivity index (χ4v) is 5.04. The van der Waals surface area contributed by atoms with Crippen LogP contribution in [-0.2, 0) is 18.6 Å². The number of aryl methyl sites for hydroxylation is 2. The minimum atomic E-state index is 0.0344. The molecule has 200 valence electrons. The number of aliphatic hydroxyl groups excluding tert-OH is 1. The predicted octanol–water partition coefficient (Wildman–Crippen LogP) is 5.79. The number of aliphatic hydroxyl groups is 1. The van der Waals surface area contributed by atoms with Gasteiger partial charge in [0.1, 0.15) is 6.61 Å². The minimum absolute atomic E-state index is 0.0344. The Morgan fingerprint density at radius 2 is 1.54 bits per heavy atom. The molecule has 0 atom stereocenters. The monoisotopic (exact) mass is 522 g/mol. The molecule has 1 N–H and O–H groups in total. The van der Waals surface area contributed by atoms with E-state index < -0.39 is 0 Å². The Hall–Kier alpha value is -4.17. The van der Waals surface area contributed by atoms with Gasteiger partial charge in [-0.3, -0.25) is 9.97 Å². The van der Waals surface area contributed by atoms with Crippen LogP contribution in [0.25, 0.3) is 17.0 Å². The van der Waals surface area contributed by atoms with Crippen molar-refractivity contribution in [2.75, 3.05) is 0 Å². The summed E-state index contributed by atoms with van der Waals surface area (Å²) >= 11 is 0. The summed E-state index contributed by atoms with van der Waals surface area (Å²) in [5.41, 5.74) is 6.73. The zero-order valence-corrected chi connectivity index (χ0v) is 22.7. The average molecular weight is 523 g/mol. The summed E-state index contributed by atoms with van der Waals surface area (Å²) in [5.74, 6) is 1.36. The zero-order valence-electron chi connectivity index (χ0n) is 22.7. The van der Waals surface area contributed by atoms with Crippen LogP contribution in [-0.4, -0.2) is 34.9 Å². The van der Waals surface area contributed by atoms with E-state index in [1.54, 1.807) is 16.9 Å². The Kier molecular flexibility index (Phi) is 7.93. The van der Waals surface area contributed by atoms with Crippen LogP contribution < -0.4 is 4.74 Å². The van der Waals surface area contributed by atoms with Gasteiger partial charge in [-0.25, -0.2) is 0 Å². The molecule has 5 aromatic rings. The second-order valence-electron chi connectivity index (χ2n) is 10.3. The summed E-state index contributed by atoms with van der Waals surface area (Å²) in [5, 5.41) is 22.4. The third kappa shape index (κ3) is 5.81. The molecule has 8 nitrogen and oxygen atoms in total. The predicted molar refractivity (Wildman–Crippen MR) is 150 cm³/mol. The Morgan fingerprint density at radius 1 is 0.872 bits per heavy atom. The highest BCUT2D eigenvalue weighted by molar-refractivity contribution is 5.60. The third-order valence-corrected chi connectivity index (χ3v) is 7.48. The Balaban J connectivity index is 0.000000292. The highest BCUT2D eigenvalue weighted by Gasteiger charge is 2.35. The van der Waals surface area contributed by atoms with Crippen molar-refractivity contribution >= 4 is 5.65 Å². The molecule has 6 rings (SSSR count). The van der Waals surface area contributed by atoms with E-state index in [2.05, 4.69) is 46.1 Å². The van der Waals surface area contributed by atoms with Crippen LogP contribution >= 0.6 is 0 Å². The molecule has 0 aliphatic heterocycles. The number of hydrogen-bond donors (Lipinski definition) is 1. The van der Waals surface area contributed by atoms with Crippen LogP contribution in [0.2, 0.25) is 0 Å². The number of rotatable bonds is 6. The van der Waals surface area contributed by atoms with Gasteiger partial charge in [-0.1, -0.05) is 62.2 Å². The van der Waals surface area contributed by atoms with Crippen molar-refractivity contribution in [2.24, 2.45) is 0 Å². The van der Waals surface area contributed by atoms with Crippen LogP contribution in [0, 0.1) is 13.8 Å². The number of ether oxygens (including phenoxy) is 1. The summed E-state index contributed by atoms with van der Waals surface area (Å²) in [4.78, 5) is 8.42. The van der Waals surface area contributed by atoms with Crippen LogP contribution in [0.3, 0.4) is 0 Å². The lowest BCUT2D eigenvalue weighted by Crippen LogP contribution is -2.20. The van der Waals surface area contributed by atoms with E-state index in [4.69, 9.17) is 14.9 Å². The van der Waals surface area contributed by atoms with Crippen molar-refractivity contribution < 1.29 is 9.84 Å². The maximum absolute atomic E-state index is 8.66. The molecule has 4 aromatic heterocycles. The molecule has 0 bridgehead atoms. The van der Waals surface area contributed by atoms with E-state index in [0.29, 0.717) is 18.3 Å². The highest BCUT2D eigenvalue weighted by atomic mass is 16.5. The van der Waals surface area contributed by atoms with Crippen LogP contribution in [0.15, 0.2) is 73.1 Å². The number of hydrogen-bond acceptors (Lipinski definition) is 7. The fourth-order valence-electron chi connectivity index (χ4n) is 5.04. The Bertz CT molecular complexity index is 1540. The van der Waals surface area contributed by atoms with E-state index >= 15 is 0 Å². The van der Waals surface area contributed by atoms with Gasteiger partial charge in [-0.2, -0.15) is 4.52 Å². The van der Waals surface area contributed by atoms with Crippen molar-refractivity contribution in [1.82, 2.24) is 29.8 Å². The van der Waals surface area contributed by atoms with E-state index in [9.17, 15) is 0 Å². The van der Waals surface area contributed by atoms with Crippen molar-refractivity contribution in [3.63, 3.8) is 0 Å². The first-order valence-electron chi connectivity index (χ1n) is 13.4. The number of benzene rings is 1. The first-order valence-corrected chi connectivity index (χ1v) is 13.4. The maximum atomic E-state index is 8.66. The number of fused-ring (bicyclic) bond motifs is 1. The molecule has 0 radical (unpaired) electrons.